The van der Waals surface area contributed by atoms with E-state index in [1.165, 1.54) is 0 Å². The van der Waals surface area contributed by atoms with Gasteiger partial charge in [-0.25, -0.2) is 0 Å². The largest absolute Gasteiger partial charge is 0.464 e. The summed E-state index contributed by atoms with van der Waals surface area (Å²) in [6.45, 7) is 3.99. The van der Waals surface area contributed by atoms with Crippen LogP contribution in [0.1, 0.15) is 31.3 Å². The standard InChI is InChI=1S/C14H18N2O3/c1-8-3-6-11(19-8)7-16-9(2)13(17)15-12(14(16)18)10-4-5-10/h3,6,9-10,12H,4-5,7H2,1-2H3,(H,15,17). The zero-order valence-electron chi connectivity index (χ0n) is 11.2. The smallest absolute Gasteiger partial charge is 0.246 e. The van der Waals surface area contributed by atoms with Crippen LogP contribution < -0.4 is 5.32 Å². The molecule has 2 amide bonds. The number of rotatable bonds is 3. The Morgan fingerprint density at radius 2 is 2.11 bits per heavy atom. The lowest BCUT2D eigenvalue weighted by Gasteiger charge is -2.37. The predicted octanol–water partition coefficient (Wildman–Crippen LogP) is 1.21. The van der Waals surface area contributed by atoms with E-state index in [-0.39, 0.29) is 17.9 Å². The van der Waals surface area contributed by atoms with Crippen LogP contribution in [0.25, 0.3) is 0 Å². The van der Waals surface area contributed by atoms with Gasteiger partial charge in [0.05, 0.1) is 6.54 Å². The fraction of sp³-hybridized carbons (Fsp3) is 0.571. The van der Waals surface area contributed by atoms with Crippen molar-refractivity contribution in [1.82, 2.24) is 10.2 Å². The molecule has 1 aliphatic heterocycles. The van der Waals surface area contributed by atoms with E-state index in [1.807, 2.05) is 19.1 Å². The highest BCUT2D eigenvalue weighted by molar-refractivity contribution is 5.97. The average Bonchev–Trinajstić information content (AvgIpc) is 3.13. The molecule has 1 N–H and O–H groups in total. The molecular formula is C14H18N2O3. The van der Waals surface area contributed by atoms with Crippen molar-refractivity contribution in [2.45, 2.75) is 45.3 Å². The normalized spacial score (nSPS) is 27.6. The lowest BCUT2D eigenvalue weighted by molar-refractivity contribution is -0.150. The molecule has 2 unspecified atom stereocenters. The van der Waals surface area contributed by atoms with E-state index in [1.54, 1.807) is 11.8 Å². The van der Waals surface area contributed by atoms with Gasteiger partial charge in [-0.2, -0.15) is 0 Å². The molecule has 2 atom stereocenters. The maximum Gasteiger partial charge on any atom is 0.246 e. The van der Waals surface area contributed by atoms with Gasteiger partial charge in [0.25, 0.3) is 0 Å². The number of nitrogens with one attached hydrogen (secondary N) is 1. The summed E-state index contributed by atoms with van der Waals surface area (Å²) in [6, 6.07) is 2.95. The summed E-state index contributed by atoms with van der Waals surface area (Å²) >= 11 is 0. The van der Waals surface area contributed by atoms with Crippen molar-refractivity contribution >= 4 is 11.8 Å². The zero-order valence-corrected chi connectivity index (χ0v) is 11.2. The molecule has 3 rings (SSSR count). The fourth-order valence-corrected chi connectivity index (χ4v) is 2.55. The van der Waals surface area contributed by atoms with E-state index >= 15 is 0 Å². The van der Waals surface area contributed by atoms with Crippen LogP contribution in [0.2, 0.25) is 0 Å². The van der Waals surface area contributed by atoms with Gasteiger partial charge in [0.15, 0.2) is 0 Å². The van der Waals surface area contributed by atoms with Crippen LogP contribution in [0, 0.1) is 12.8 Å². The Hall–Kier alpha value is -1.78. The molecule has 102 valence electrons. The van der Waals surface area contributed by atoms with Gasteiger partial charge in [-0.3, -0.25) is 9.59 Å². The van der Waals surface area contributed by atoms with Crippen LogP contribution in [-0.4, -0.2) is 28.8 Å². The molecule has 2 aliphatic rings. The van der Waals surface area contributed by atoms with Gasteiger partial charge in [-0.1, -0.05) is 0 Å². The van der Waals surface area contributed by atoms with Gasteiger partial charge >= 0.3 is 0 Å². The van der Waals surface area contributed by atoms with Gasteiger partial charge in [-0.15, -0.1) is 0 Å². The summed E-state index contributed by atoms with van der Waals surface area (Å²) in [7, 11) is 0. The second-order valence-corrected chi connectivity index (χ2v) is 5.48. The van der Waals surface area contributed by atoms with Crippen LogP contribution in [-0.2, 0) is 16.1 Å². The van der Waals surface area contributed by atoms with E-state index in [0.29, 0.717) is 12.5 Å². The summed E-state index contributed by atoms with van der Waals surface area (Å²) in [5.74, 6) is 1.81. The van der Waals surface area contributed by atoms with Crippen molar-refractivity contribution in [1.29, 1.82) is 0 Å². The lowest BCUT2D eigenvalue weighted by Crippen LogP contribution is -2.62. The molecule has 1 aliphatic carbocycles. The number of hydrogen-bond acceptors (Lipinski definition) is 3. The van der Waals surface area contributed by atoms with E-state index in [4.69, 9.17) is 4.42 Å². The first kappa shape index (κ1) is 12.3. The van der Waals surface area contributed by atoms with Gasteiger partial charge in [-0.05, 0) is 44.7 Å². The molecular weight excluding hydrogens is 244 g/mol. The number of nitrogens with zero attached hydrogens (tertiary/aromatic N) is 1. The van der Waals surface area contributed by atoms with Crippen molar-refractivity contribution < 1.29 is 14.0 Å². The van der Waals surface area contributed by atoms with Crippen LogP contribution in [0.15, 0.2) is 16.5 Å². The average molecular weight is 262 g/mol. The Balaban J connectivity index is 1.80. The quantitative estimate of drug-likeness (QED) is 0.890. The van der Waals surface area contributed by atoms with Crippen LogP contribution >= 0.6 is 0 Å². The third-order valence-corrected chi connectivity index (χ3v) is 3.91. The molecule has 5 heteroatoms. The molecule has 1 aromatic heterocycles. The van der Waals surface area contributed by atoms with E-state index in [9.17, 15) is 9.59 Å². The van der Waals surface area contributed by atoms with Gasteiger partial charge < -0.3 is 14.6 Å². The highest BCUT2D eigenvalue weighted by Gasteiger charge is 2.45. The van der Waals surface area contributed by atoms with E-state index in [2.05, 4.69) is 5.32 Å². The van der Waals surface area contributed by atoms with Crippen molar-refractivity contribution in [3.05, 3.63) is 23.7 Å². The topological polar surface area (TPSA) is 62.6 Å². The number of amides is 2. The third kappa shape index (κ3) is 2.25. The molecule has 0 bridgehead atoms. The first-order valence-electron chi connectivity index (χ1n) is 6.72. The first-order chi connectivity index (χ1) is 9.06. The maximum absolute atomic E-state index is 12.4. The van der Waals surface area contributed by atoms with E-state index in [0.717, 1.165) is 24.4 Å². The van der Waals surface area contributed by atoms with Gasteiger partial charge in [0, 0.05) is 0 Å². The third-order valence-electron chi connectivity index (χ3n) is 3.91. The number of piperazine rings is 1. The van der Waals surface area contributed by atoms with Crippen molar-refractivity contribution in [2.75, 3.05) is 0 Å². The molecule has 0 spiro atoms. The minimum atomic E-state index is -0.437. The Morgan fingerprint density at radius 1 is 1.37 bits per heavy atom. The lowest BCUT2D eigenvalue weighted by atomic mass is 10.0. The summed E-state index contributed by atoms with van der Waals surface area (Å²) in [6.07, 6.45) is 2.05. The van der Waals surface area contributed by atoms with E-state index < -0.39 is 6.04 Å². The minimum Gasteiger partial charge on any atom is -0.464 e. The second kappa shape index (κ2) is 4.40. The van der Waals surface area contributed by atoms with Crippen LogP contribution in [0.5, 0.6) is 0 Å². The molecule has 2 heterocycles. The van der Waals surface area contributed by atoms with Crippen LogP contribution in [0.3, 0.4) is 0 Å². The van der Waals surface area contributed by atoms with Crippen LogP contribution in [0.4, 0.5) is 0 Å². The summed E-state index contributed by atoms with van der Waals surface area (Å²) in [5.41, 5.74) is 0. The van der Waals surface area contributed by atoms with Gasteiger partial charge in [0.2, 0.25) is 11.8 Å². The summed E-state index contributed by atoms with van der Waals surface area (Å²) < 4.78 is 5.50. The maximum atomic E-state index is 12.4. The van der Waals surface area contributed by atoms with Crippen molar-refractivity contribution in [3.63, 3.8) is 0 Å². The van der Waals surface area contributed by atoms with Crippen molar-refractivity contribution in [2.24, 2.45) is 5.92 Å². The monoisotopic (exact) mass is 262 g/mol. The fourth-order valence-electron chi connectivity index (χ4n) is 2.55. The Morgan fingerprint density at radius 3 is 2.68 bits per heavy atom. The number of carbonyl (C=O) groups excluding carboxylic acids is 2. The summed E-state index contributed by atoms with van der Waals surface area (Å²) in [5, 5.41) is 2.84. The zero-order chi connectivity index (χ0) is 13.6. The second-order valence-electron chi connectivity index (χ2n) is 5.48. The Bertz CT molecular complexity index is 519. The molecule has 1 aromatic rings. The van der Waals surface area contributed by atoms with Crippen molar-refractivity contribution in [3.8, 4) is 0 Å². The summed E-state index contributed by atoms with van der Waals surface area (Å²) in [4.78, 5) is 26.0. The molecule has 2 fully saturated rings. The molecule has 0 radical (unpaired) electrons. The van der Waals surface area contributed by atoms with Gasteiger partial charge in [0.1, 0.15) is 23.6 Å². The molecule has 5 nitrogen and oxygen atoms in total. The predicted molar refractivity (Wildman–Crippen MR) is 68.1 cm³/mol. The Kier molecular flexibility index (Phi) is 2.84. The Labute approximate surface area is 111 Å². The molecule has 1 saturated carbocycles. The first-order valence-corrected chi connectivity index (χ1v) is 6.72. The SMILES string of the molecule is Cc1ccc(CN2C(=O)C(C3CC3)NC(=O)C2C)o1. The number of carbonyl (C=O) groups is 2. The highest BCUT2D eigenvalue weighted by Crippen LogP contribution is 2.35. The molecule has 1 saturated heterocycles. The number of hydrogen-bond donors (Lipinski definition) is 1. The molecule has 19 heavy (non-hydrogen) atoms. The highest BCUT2D eigenvalue weighted by atomic mass is 16.3. The number of furan rings is 1. The number of aryl methyl sites for hydroxylation is 1. The molecule has 0 aromatic carbocycles. The minimum absolute atomic E-state index is 0.0173.